The molecule has 0 bridgehead atoms. The van der Waals surface area contributed by atoms with Crippen LogP contribution in [0.3, 0.4) is 0 Å². The standard InChI is InChI=1S/C13H11FN2O2/c14-10-5-1-2-6-11(10)18-12(13(15)17)9-4-3-7-16-8-9/h1-8,12H,(H2,15,17). The molecule has 0 aliphatic carbocycles. The van der Waals surface area contributed by atoms with Gasteiger partial charge in [0.15, 0.2) is 11.6 Å². The molecule has 1 aromatic carbocycles. The first-order valence-corrected chi connectivity index (χ1v) is 5.29. The van der Waals surface area contributed by atoms with Gasteiger partial charge >= 0.3 is 0 Å². The number of carbonyl (C=O) groups is 1. The maximum atomic E-state index is 13.4. The van der Waals surface area contributed by atoms with E-state index in [1.165, 1.54) is 24.4 Å². The molecule has 2 N–H and O–H groups in total. The Kier molecular flexibility index (Phi) is 3.52. The smallest absolute Gasteiger partial charge is 0.263 e. The third-order valence-corrected chi connectivity index (χ3v) is 2.33. The number of hydrogen-bond acceptors (Lipinski definition) is 3. The van der Waals surface area contributed by atoms with Crippen LogP contribution < -0.4 is 10.5 Å². The Bertz CT molecular complexity index is 546. The lowest BCUT2D eigenvalue weighted by Gasteiger charge is -2.16. The van der Waals surface area contributed by atoms with Gasteiger partial charge in [-0.05, 0) is 18.2 Å². The molecule has 0 aliphatic rings. The number of amides is 1. The zero-order chi connectivity index (χ0) is 13.0. The van der Waals surface area contributed by atoms with Crippen molar-refractivity contribution in [2.75, 3.05) is 0 Å². The summed E-state index contributed by atoms with van der Waals surface area (Å²) in [5.41, 5.74) is 5.73. The molecule has 0 aliphatic heterocycles. The lowest BCUT2D eigenvalue weighted by molar-refractivity contribution is -0.125. The van der Waals surface area contributed by atoms with Gasteiger partial charge in [0, 0.05) is 18.0 Å². The fourth-order valence-electron chi connectivity index (χ4n) is 1.49. The molecule has 0 radical (unpaired) electrons. The number of primary amides is 1. The first-order chi connectivity index (χ1) is 8.68. The van der Waals surface area contributed by atoms with E-state index in [0.717, 1.165) is 0 Å². The van der Waals surface area contributed by atoms with E-state index >= 15 is 0 Å². The van der Waals surface area contributed by atoms with Crippen molar-refractivity contribution in [1.29, 1.82) is 0 Å². The number of rotatable bonds is 4. The van der Waals surface area contributed by atoms with Crippen molar-refractivity contribution in [3.05, 3.63) is 60.2 Å². The highest BCUT2D eigenvalue weighted by Gasteiger charge is 2.21. The summed E-state index contributed by atoms with van der Waals surface area (Å²) in [6.45, 7) is 0. The van der Waals surface area contributed by atoms with Gasteiger partial charge in [-0.2, -0.15) is 0 Å². The summed E-state index contributed by atoms with van der Waals surface area (Å²) in [5, 5.41) is 0. The molecule has 2 aromatic rings. The Morgan fingerprint density at radius 1 is 1.28 bits per heavy atom. The topological polar surface area (TPSA) is 65.2 Å². The zero-order valence-electron chi connectivity index (χ0n) is 9.42. The molecule has 0 fully saturated rings. The number of halogens is 1. The monoisotopic (exact) mass is 246 g/mol. The summed E-state index contributed by atoms with van der Waals surface area (Å²) in [6, 6.07) is 9.11. The Balaban J connectivity index is 2.28. The van der Waals surface area contributed by atoms with Crippen LogP contribution in [0, 0.1) is 5.82 Å². The molecular formula is C13H11FN2O2. The van der Waals surface area contributed by atoms with E-state index in [0.29, 0.717) is 5.56 Å². The minimum absolute atomic E-state index is 0.0230. The number of nitrogens with zero attached hydrogens (tertiary/aromatic N) is 1. The predicted octanol–water partition coefficient (Wildman–Crippen LogP) is 1.83. The van der Waals surface area contributed by atoms with Crippen LogP contribution in [0.5, 0.6) is 5.75 Å². The molecule has 18 heavy (non-hydrogen) atoms. The van der Waals surface area contributed by atoms with Crippen LogP contribution >= 0.6 is 0 Å². The van der Waals surface area contributed by atoms with Crippen LogP contribution in [0.15, 0.2) is 48.8 Å². The fraction of sp³-hybridized carbons (Fsp3) is 0.0769. The molecule has 0 saturated heterocycles. The van der Waals surface area contributed by atoms with Gasteiger partial charge in [0.25, 0.3) is 5.91 Å². The lowest BCUT2D eigenvalue weighted by Crippen LogP contribution is -2.26. The molecule has 1 unspecified atom stereocenters. The van der Waals surface area contributed by atoms with E-state index in [4.69, 9.17) is 10.5 Å². The molecule has 1 amide bonds. The second kappa shape index (κ2) is 5.27. The van der Waals surface area contributed by atoms with Gasteiger partial charge in [-0.1, -0.05) is 18.2 Å². The molecule has 0 spiro atoms. The van der Waals surface area contributed by atoms with E-state index < -0.39 is 17.8 Å². The molecular weight excluding hydrogens is 235 g/mol. The SMILES string of the molecule is NC(=O)C(Oc1ccccc1F)c1cccnc1. The number of nitrogens with two attached hydrogens (primary N) is 1. The number of benzene rings is 1. The number of carbonyl (C=O) groups excluding carboxylic acids is 1. The number of para-hydroxylation sites is 1. The van der Waals surface area contributed by atoms with Gasteiger partial charge in [-0.3, -0.25) is 9.78 Å². The van der Waals surface area contributed by atoms with Crippen LogP contribution in [0.25, 0.3) is 0 Å². The van der Waals surface area contributed by atoms with E-state index in [2.05, 4.69) is 4.98 Å². The largest absolute Gasteiger partial charge is 0.473 e. The van der Waals surface area contributed by atoms with Crippen LogP contribution in [-0.4, -0.2) is 10.9 Å². The number of pyridine rings is 1. The maximum Gasteiger partial charge on any atom is 0.263 e. The summed E-state index contributed by atoms with van der Waals surface area (Å²) < 4.78 is 18.7. The minimum Gasteiger partial charge on any atom is -0.473 e. The molecule has 2 rings (SSSR count). The maximum absolute atomic E-state index is 13.4. The highest BCUT2D eigenvalue weighted by molar-refractivity contribution is 5.80. The second-order valence-corrected chi connectivity index (χ2v) is 3.62. The van der Waals surface area contributed by atoms with Crippen LogP contribution in [0.1, 0.15) is 11.7 Å². The molecule has 5 heteroatoms. The highest BCUT2D eigenvalue weighted by atomic mass is 19.1. The Hall–Kier alpha value is -2.43. The summed E-state index contributed by atoms with van der Waals surface area (Å²) in [7, 11) is 0. The minimum atomic E-state index is -1.06. The second-order valence-electron chi connectivity index (χ2n) is 3.62. The van der Waals surface area contributed by atoms with Crippen molar-refractivity contribution in [2.45, 2.75) is 6.10 Å². The first kappa shape index (κ1) is 12.0. The summed E-state index contributed by atoms with van der Waals surface area (Å²) in [6.07, 6.45) is 1.96. The van der Waals surface area contributed by atoms with Gasteiger partial charge < -0.3 is 10.5 Å². The van der Waals surface area contributed by atoms with Gasteiger partial charge in [-0.25, -0.2) is 4.39 Å². The van der Waals surface area contributed by atoms with Crippen molar-refractivity contribution in [3.8, 4) is 5.75 Å². The third-order valence-electron chi connectivity index (χ3n) is 2.33. The van der Waals surface area contributed by atoms with E-state index in [9.17, 15) is 9.18 Å². The molecule has 1 aromatic heterocycles. The van der Waals surface area contributed by atoms with Gasteiger partial charge in [0.1, 0.15) is 0 Å². The van der Waals surface area contributed by atoms with Crippen LogP contribution in [0.4, 0.5) is 4.39 Å². The van der Waals surface area contributed by atoms with Crippen LogP contribution in [0.2, 0.25) is 0 Å². The summed E-state index contributed by atoms with van der Waals surface area (Å²) in [4.78, 5) is 15.2. The lowest BCUT2D eigenvalue weighted by atomic mass is 10.1. The number of ether oxygens (including phenoxy) is 1. The average molecular weight is 246 g/mol. The van der Waals surface area contributed by atoms with Crippen molar-refractivity contribution in [3.63, 3.8) is 0 Å². The normalized spacial score (nSPS) is 11.8. The predicted molar refractivity (Wildman–Crippen MR) is 63.2 cm³/mol. The van der Waals surface area contributed by atoms with Crippen molar-refractivity contribution in [2.24, 2.45) is 5.73 Å². The number of hydrogen-bond donors (Lipinski definition) is 1. The molecule has 92 valence electrons. The Morgan fingerprint density at radius 3 is 2.67 bits per heavy atom. The van der Waals surface area contributed by atoms with Gasteiger partial charge in [0.2, 0.25) is 6.10 Å². The van der Waals surface area contributed by atoms with E-state index in [-0.39, 0.29) is 5.75 Å². The molecule has 4 nitrogen and oxygen atoms in total. The summed E-state index contributed by atoms with van der Waals surface area (Å²) in [5.74, 6) is -1.27. The highest BCUT2D eigenvalue weighted by Crippen LogP contribution is 2.23. The Morgan fingerprint density at radius 2 is 2.06 bits per heavy atom. The molecule has 1 atom stereocenters. The summed E-state index contributed by atoms with van der Waals surface area (Å²) >= 11 is 0. The molecule has 1 heterocycles. The number of aromatic nitrogens is 1. The van der Waals surface area contributed by atoms with Gasteiger partial charge in [-0.15, -0.1) is 0 Å². The quantitative estimate of drug-likeness (QED) is 0.894. The van der Waals surface area contributed by atoms with Crippen LogP contribution in [-0.2, 0) is 4.79 Å². The van der Waals surface area contributed by atoms with Crippen molar-refractivity contribution >= 4 is 5.91 Å². The van der Waals surface area contributed by atoms with E-state index in [1.807, 2.05) is 0 Å². The van der Waals surface area contributed by atoms with Crippen molar-refractivity contribution < 1.29 is 13.9 Å². The third kappa shape index (κ3) is 2.63. The first-order valence-electron chi connectivity index (χ1n) is 5.29. The van der Waals surface area contributed by atoms with E-state index in [1.54, 1.807) is 24.4 Å². The fourth-order valence-corrected chi connectivity index (χ4v) is 1.49. The van der Waals surface area contributed by atoms with Gasteiger partial charge in [0.05, 0.1) is 0 Å². The molecule has 0 saturated carbocycles. The average Bonchev–Trinajstić information content (AvgIpc) is 2.38. The zero-order valence-corrected chi connectivity index (χ0v) is 9.42. The Labute approximate surface area is 103 Å². The van der Waals surface area contributed by atoms with Crippen molar-refractivity contribution in [1.82, 2.24) is 4.98 Å².